The van der Waals surface area contributed by atoms with E-state index in [2.05, 4.69) is 10.4 Å². The van der Waals surface area contributed by atoms with Gasteiger partial charge in [0, 0.05) is 19.0 Å². The topological polar surface area (TPSA) is 39.1 Å². The fourth-order valence-electron chi connectivity index (χ4n) is 3.60. The third-order valence-electron chi connectivity index (χ3n) is 4.93. The lowest BCUT2D eigenvalue weighted by molar-refractivity contribution is 0.342. The number of rotatable bonds is 5. The van der Waals surface area contributed by atoms with Crippen molar-refractivity contribution in [2.24, 2.45) is 13.0 Å². The van der Waals surface area contributed by atoms with E-state index in [-0.39, 0.29) is 0 Å². The molecule has 1 aromatic rings. The molecule has 0 amide bonds. The van der Waals surface area contributed by atoms with Gasteiger partial charge in [-0.1, -0.05) is 19.3 Å². The largest absolute Gasteiger partial charge is 0.493 e. The number of nitrogens with zero attached hydrogens (tertiary/aromatic N) is 2. The first-order valence-corrected chi connectivity index (χ1v) is 8.09. The van der Waals surface area contributed by atoms with E-state index in [0.717, 1.165) is 24.3 Å². The Labute approximate surface area is 121 Å². The maximum atomic E-state index is 5.54. The molecule has 0 aliphatic heterocycles. The fraction of sp³-hybridized carbons (Fsp3) is 0.812. The molecule has 2 atom stereocenters. The highest BCUT2D eigenvalue weighted by molar-refractivity contribution is 5.29. The van der Waals surface area contributed by atoms with Crippen LogP contribution in [0.1, 0.15) is 56.6 Å². The van der Waals surface area contributed by atoms with Crippen molar-refractivity contribution in [3.8, 4) is 5.75 Å². The van der Waals surface area contributed by atoms with Crippen LogP contribution in [0.25, 0.3) is 0 Å². The van der Waals surface area contributed by atoms with Gasteiger partial charge in [-0.05, 0) is 38.1 Å². The smallest absolute Gasteiger partial charge is 0.160 e. The molecule has 0 bridgehead atoms. The molecule has 2 aliphatic rings. The monoisotopic (exact) mass is 277 g/mol. The maximum absolute atomic E-state index is 5.54. The third kappa shape index (κ3) is 3.00. The second kappa shape index (κ2) is 6.17. The summed E-state index contributed by atoms with van der Waals surface area (Å²) in [7, 11) is 3.81. The number of hydrogen-bond donors (Lipinski definition) is 1. The normalized spacial score (nSPS) is 27.3. The van der Waals surface area contributed by atoms with Crippen LogP contribution in [0.5, 0.6) is 5.75 Å². The molecule has 112 valence electrons. The Morgan fingerprint density at radius 3 is 2.80 bits per heavy atom. The average molecular weight is 277 g/mol. The van der Waals surface area contributed by atoms with Gasteiger partial charge >= 0.3 is 0 Å². The molecule has 0 radical (unpaired) electrons. The van der Waals surface area contributed by atoms with Crippen LogP contribution in [-0.4, -0.2) is 29.5 Å². The van der Waals surface area contributed by atoms with Gasteiger partial charge in [0.1, 0.15) is 0 Å². The molecule has 1 heterocycles. The van der Waals surface area contributed by atoms with Gasteiger partial charge in [-0.2, -0.15) is 5.10 Å². The van der Waals surface area contributed by atoms with Crippen LogP contribution in [0, 0.1) is 5.92 Å². The van der Waals surface area contributed by atoms with Gasteiger partial charge in [0.2, 0.25) is 0 Å². The highest BCUT2D eigenvalue weighted by Crippen LogP contribution is 2.40. The zero-order chi connectivity index (χ0) is 13.9. The summed E-state index contributed by atoms with van der Waals surface area (Å²) in [6, 6.07) is 0.798. The number of aromatic nitrogens is 2. The van der Waals surface area contributed by atoms with E-state index >= 15 is 0 Å². The summed E-state index contributed by atoms with van der Waals surface area (Å²) in [6.07, 6.45) is 11.3. The van der Waals surface area contributed by atoms with E-state index in [9.17, 15) is 0 Å². The molecule has 1 aromatic heterocycles. The summed E-state index contributed by atoms with van der Waals surface area (Å²) >= 11 is 0. The Bertz CT molecular complexity index is 439. The molecule has 3 rings (SSSR count). The predicted octanol–water partition coefficient (Wildman–Crippen LogP) is 2.84. The fourth-order valence-corrected chi connectivity index (χ4v) is 3.60. The minimum absolute atomic E-state index is 0.589. The van der Waals surface area contributed by atoms with Crippen LogP contribution in [0.4, 0.5) is 0 Å². The van der Waals surface area contributed by atoms with E-state index in [1.165, 1.54) is 50.6 Å². The highest BCUT2D eigenvalue weighted by atomic mass is 16.5. The zero-order valence-electron chi connectivity index (χ0n) is 12.8. The summed E-state index contributed by atoms with van der Waals surface area (Å²) in [5, 5.41) is 8.14. The van der Waals surface area contributed by atoms with Crippen LogP contribution in [0.3, 0.4) is 0 Å². The van der Waals surface area contributed by atoms with Gasteiger partial charge in [-0.3, -0.25) is 4.68 Å². The molecule has 0 spiro atoms. The first-order chi connectivity index (χ1) is 9.79. The molecule has 2 fully saturated rings. The lowest BCUT2D eigenvalue weighted by Crippen LogP contribution is -2.29. The minimum Gasteiger partial charge on any atom is -0.493 e. The first-order valence-electron chi connectivity index (χ1n) is 8.09. The molecule has 4 nitrogen and oxygen atoms in total. The van der Waals surface area contributed by atoms with E-state index in [0.29, 0.717) is 5.92 Å². The Balaban J connectivity index is 1.78. The lowest BCUT2D eigenvalue weighted by Gasteiger charge is -2.26. The van der Waals surface area contributed by atoms with E-state index < -0.39 is 0 Å². The van der Waals surface area contributed by atoms with Crippen molar-refractivity contribution in [2.45, 2.75) is 56.9 Å². The molecular weight excluding hydrogens is 250 g/mol. The molecule has 2 unspecified atom stereocenters. The molecular formula is C16H27N3O. The maximum Gasteiger partial charge on any atom is 0.160 e. The predicted molar refractivity (Wildman–Crippen MR) is 80.1 cm³/mol. The van der Waals surface area contributed by atoms with E-state index in [1.54, 1.807) is 7.11 Å². The minimum atomic E-state index is 0.589. The second-order valence-electron chi connectivity index (χ2n) is 6.41. The van der Waals surface area contributed by atoms with Gasteiger partial charge in [0.15, 0.2) is 5.75 Å². The number of methoxy groups -OCH3 is 1. The van der Waals surface area contributed by atoms with Crippen molar-refractivity contribution >= 4 is 0 Å². The van der Waals surface area contributed by atoms with Crippen molar-refractivity contribution in [3.63, 3.8) is 0 Å². The standard InChI is InChI=1S/C16H27N3O/c1-19-16(15(20-2)11-18-19)14-7-5-3-4-6-12(14)10-17-13-8-9-13/h11-14,17H,3-10H2,1-2H3. The molecule has 20 heavy (non-hydrogen) atoms. The van der Waals surface area contributed by atoms with Gasteiger partial charge in [-0.25, -0.2) is 0 Å². The molecule has 0 saturated heterocycles. The van der Waals surface area contributed by atoms with Crippen molar-refractivity contribution in [3.05, 3.63) is 11.9 Å². The molecule has 1 N–H and O–H groups in total. The van der Waals surface area contributed by atoms with E-state index in [4.69, 9.17) is 4.74 Å². The van der Waals surface area contributed by atoms with Crippen molar-refractivity contribution < 1.29 is 4.74 Å². The highest BCUT2D eigenvalue weighted by Gasteiger charge is 2.31. The summed E-state index contributed by atoms with van der Waals surface area (Å²) in [5.74, 6) is 2.28. The van der Waals surface area contributed by atoms with Gasteiger partial charge in [0.25, 0.3) is 0 Å². The molecule has 2 saturated carbocycles. The molecule has 0 aromatic carbocycles. The van der Waals surface area contributed by atoms with Crippen LogP contribution >= 0.6 is 0 Å². The first kappa shape index (κ1) is 13.9. The zero-order valence-corrected chi connectivity index (χ0v) is 12.8. The quantitative estimate of drug-likeness (QED) is 0.841. The summed E-state index contributed by atoms with van der Waals surface area (Å²) in [4.78, 5) is 0. The molecule has 4 heteroatoms. The van der Waals surface area contributed by atoms with Crippen molar-refractivity contribution in [2.75, 3.05) is 13.7 Å². The van der Waals surface area contributed by atoms with Crippen LogP contribution in [-0.2, 0) is 7.05 Å². The number of aryl methyl sites for hydroxylation is 1. The Hall–Kier alpha value is -1.03. The van der Waals surface area contributed by atoms with Gasteiger partial charge in [-0.15, -0.1) is 0 Å². The Kier molecular flexibility index (Phi) is 4.29. The number of ether oxygens (including phenoxy) is 1. The number of nitrogens with one attached hydrogen (secondary N) is 1. The lowest BCUT2D eigenvalue weighted by atomic mass is 9.84. The summed E-state index contributed by atoms with van der Waals surface area (Å²) < 4.78 is 7.57. The van der Waals surface area contributed by atoms with Crippen LogP contribution in [0.15, 0.2) is 6.20 Å². The SMILES string of the molecule is COc1cnn(C)c1C1CCCCCC1CNC1CC1. The van der Waals surface area contributed by atoms with Crippen molar-refractivity contribution in [1.29, 1.82) is 0 Å². The Morgan fingerprint density at radius 2 is 2.05 bits per heavy atom. The van der Waals surface area contributed by atoms with Gasteiger partial charge < -0.3 is 10.1 Å². The second-order valence-corrected chi connectivity index (χ2v) is 6.41. The molecule has 2 aliphatic carbocycles. The number of hydrogen-bond acceptors (Lipinski definition) is 3. The summed E-state index contributed by atoms with van der Waals surface area (Å²) in [6.45, 7) is 1.16. The third-order valence-corrected chi connectivity index (χ3v) is 4.93. The summed E-state index contributed by atoms with van der Waals surface area (Å²) in [5.41, 5.74) is 1.30. The van der Waals surface area contributed by atoms with Crippen LogP contribution in [0.2, 0.25) is 0 Å². The van der Waals surface area contributed by atoms with E-state index in [1.807, 2.05) is 17.9 Å². The van der Waals surface area contributed by atoms with Crippen molar-refractivity contribution in [1.82, 2.24) is 15.1 Å². The van der Waals surface area contributed by atoms with Crippen LogP contribution < -0.4 is 10.1 Å². The van der Waals surface area contributed by atoms with Gasteiger partial charge in [0.05, 0.1) is 19.0 Å². The Morgan fingerprint density at radius 1 is 1.25 bits per heavy atom. The average Bonchev–Trinajstić information content (AvgIpc) is 3.23.